The summed E-state index contributed by atoms with van der Waals surface area (Å²) < 4.78 is 19.2. The fourth-order valence-corrected chi connectivity index (χ4v) is 1.73. The van der Waals surface area contributed by atoms with Crippen molar-refractivity contribution >= 4 is 11.6 Å². The quantitative estimate of drug-likeness (QED) is 0.917. The maximum Gasteiger partial charge on any atom is 0.183 e. The number of aliphatic hydroxyl groups excluding tert-OH is 1. The summed E-state index contributed by atoms with van der Waals surface area (Å²) >= 11 is 5.69. The smallest absolute Gasteiger partial charge is 0.183 e. The Hall–Kier alpha value is -1.58. The fraction of sp³-hybridized carbons (Fsp3) is 0.143. The van der Waals surface area contributed by atoms with Crippen LogP contribution in [0.25, 0.3) is 0 Å². The Morgan fingerprint density at radius 3 is 2.50 bits per heavy atom. The van der Waals surface area contributed by atoms with Gasteiger partial charge in [-0.05, 0) is 11.6 Å². The molecule has 0 aliphatic heterocycles. The summed E-state index contributed by atoms with van der Waals surface area (Å²) in [5, 5.41) is 9.12. The van der Waals surface area contributed by atoms with Crippen LogP contribution in [0.3, 0.4) is 0 Å². The second kappa shape index (κ2) is 5.85. The molecule has 1 N–H and O–H groups in total. The Bertz CT molecular complexity index is 529. The van der Waals surface area contributed by atoms with E-state index in [0.717, 1.165) is 5.56 Å². The zero-order chi connectivity index (χ0) is 13.0. The van der Waals surface area contributed by atoms with Crippen molar-refractivity contribution in [1.82, 2.24) is 0 Å². The number of benzene rings is 2. The minimum atomic E-state index is -0.640. The van der Waals surface area contributed by atoms with E-state index >= 15 is 0 Å². The van der Waals surface area contributed by atoms with Gasteiger partial charge in [-0.25, -0.2) is 4.39 Å². The van der Waals surface area contributed by atoms with Crippen molar-refractivity contribution in [1.29, 1.82) is 0 Å². The first-order valence-corrected chi connectivity index (χ1v) is 5.84. The van der Waals surface area contributed by atoms with Crippen LogP contribution < -0.4 is 4.74 Å². The van der Waals surface area contributed by atoms with Crippen molar-refractivity contribution < 1.29 is 14.2 Å². The van der Waals surface area contributed by atoms with E-state index in [1.54, 1.807) is 6.07 Å². The average molecular weight is 267 g/mol. The van der Waals surface area contributed by atoms with Crippen LogP contribution in [-0.2, 0) is 13.2 Å². The van der Waals surface area contributed by atoms with Crippen LogP contribution in [0.4, 0.5) is 4.39 Å². The third-order valence-electron chi connectivity index (χ3n) is 2.53. The molecule has 0 heterocycles. The van der Waals surface area contributed by atoms with Crippen LogP contribution in [0.2, 0.25) is 5.02 Å². The van der Waals surface area contributed by atoms with Gasteiger partial charge in [0.15, 0.2) is 11.6 Å². The molecule has 0 amide bonds. The van der Waals surface area contributed by atoms with Gasteiger partial charge in [0.2, 0.25) is 0 Å². The van der Waals surface area contributed by atoms with Gasteiger partial charge in [-0.3, -0.25) is 0 Å². The van der Waals surface area contributed by atoms with Crippen molar-refractivity contribution in [2.45, 2.75) is 13.2 Å². The molecular formula is C14H12ClFO2. The Kier molecular flexibility index (Phi) is 4.18. The number of hydrogen-bond donors (Lipinski definition) is 1. The average Bonchev–Trinajstić information content (AvgIpc) is 2.41. The Morgan fingerprint density at radius 1 is 1.11 bits per heavy atom. The molecule has 18 heavy (non-hydrogen) atoms. The van der Waals surface area contributed by atoms with Gasteiger partial charge in [0, 0.05) is 5.56 Å². The minimum Gasteiger partial charge on any atom is -0.485 e. The highest BCUT2D eigenvalue weighted by molar-refractivity contribution is 6.30. The molecule has 0 aromatic heterocycles. The second-order valence-corrected chi connectivity index (χ2v) is 4.19. The Morgan fingerprint density at radius 2 is 1.83 bits per heavy atom. The van der Waals surface area contributed by atoms with E-state index in [1.165, 1.54) is 6.07 Å². The summed E-state index contributed by atoms with van der Waals surface area (Å²) in [6.07, 6.45) is 0. The van der Waals surface area contributed by atoms with Crippen LogP contribution in [0.15, 0.2) is 42.5 Å². The first kappa shape index (κ1) is 12.9. The molecule has 0 saturated carbocycles. The minimum absolute atomic E-state index is 0.00820. The normalized spacial score (nSPS) is 10.4. The maximum atomic E-state index is 13.8. The topological polar surface area (TPSA) is 29.5 Å². The van der Waals surface area contributed by atoms with Gasteiger partial charge in [0.05, 0.1) is 11.6 Å². The SMILES string of the molecule is OCc1ccc(Cl)c(F)c1OCc1ccccc1. The summed E-state index contributed by atoms with van der Waals surface area (Å²) in [6, 6.07) is 12.3. The van der Waals surface area contributed by atoms with Crippen LogP contribution >= 0.6 is 11.6 Å². The zero-order valence-corrected chi connectivity index (χ0v) is 10.3. The van der Waals surface area contributed by atoms with Crippen molar-refractivity contribution in [3.63, 3.8) is 0 Å². The summed E-state index contributed by atoms with van der Waals surface area (Å²) in [5.74, 6) is -0.631. The lowest BCUT2D eigenvalue weighted by Crippen LogP contribution is -2.01. The third kappa shape index (κ3) is 2.81. The highest BCUT2D eigenvalue weighted by Gasteiger charge is 2.13. The number of ether oxygens (including phenoxy) is 1. The first-order valence-electron chi connectivity index (χ1n) is 5.47. The van der Waals surface area contributed by atoms with E-state index in [1.807, 2.05) is 30.3 Å². The van der Waals surface area contributed by atoms with Gasteiger partial charge in [-0.15, -0.1) is 0 Å². The molecule has 0 fully saturated rings. The largest absolute Gasteiger partial charge is 0.485 e. The summed E-state index contributed by atoms with van der Waals surface area (Å²) in [5.41, 5.74) is 1.30. The zero-order valence-electron chi connectivity index (χ0n) is 9.57. The fourth-order valence-electron chi connectivity index (χ4n) is 1.58. The third-order valence-corrected chi connectivity index (χ3v) is 2.82. The van der Waals surface area contributed by atoms with Gasteiger partial charge in [-0.2, -0.15) is 0 Å². The Balaban J connectivity index is 2.21. The van der Waals surface area contributed by atoms with Gasteiger partial charge >= 0.3 is 0 Å². The predicted octanol–water partition coefficient (Wildman–Crippen LogP) is 3.55. The van der Waals surface area contributed by atoms with Crippen molar-refractivity contribution in [3.8, 4) is 5.75 Å². The van der Waals surface area contributed by atoms with Gasteiger partial charge in [0.25, 0.3) is 0 Å². The molecule has 0 unspecified atom stereocenters. The van der Waals surface area contributed by atoms with E-state index in [2.05, 4.69) is 0 Å². The van der Waals surface area contributed by atoms with Crippen molar-refractivity contribution in [2.24, 2.45) is 0 Å². The van der Waals surface area contributed by atoms with Crippen LogP contribution in [-0.4, -0.2) is 5.11 Å². The lowest BCUT2D eigenvalue weighted by Gasteiger charge is -2.12. The molecule has 2 aromatic carbocycles. The highest BCUT2D eigenvalue weighted by Crippen LogP contribution is 2.29. The van der Waals surface area contributed by atoms with Gasteiger partial charge in [-0.1, -0.05) is 48.0 Å². The molecule has 0 bridgehead atoms. The summed E-state index contributed by atoms with van der Waals surface area (Å²) in [4.78, 5) is 0. The second-order valence-electron chi connectivity index (χ2n) is 3.78. The van der Waals surface area contributed by atoms with Crippen LogP contribution in [0.5, 0.6) is 5.75 Å². The first-order chi connectivity index (χ1) is 8.72. The molecule has 0 aliphatic rings. The number of rotatable bonds is 4. The monoisotopic (exact) mass is 266 g/mol. The van der Waals surface area contributed by atoms with E-state index in [9.17, 15) is 4.39 Å². The lowest BCUT2D eigenvalue weighted by atomic mass is 10.2. The van der Waals surface area contributed by atoms with Crippen LogP contribution in [0, 0.1) is 5.82 Å². The Labute approximate surface area is 110 Å². The summed E-state index contributed by atoms with van der Waals surface area (Å²) in [6.45, 7) is -0.0662. The maximum absolute atomic E-state index is 13.8. The molecule has 4 heteroatoms. The standard InChI is InChI=1S/C14H12ClFO2/c15-12-7-6-11(8-17)14(13(12)16)18-9-10-4-2-1-3-5-10/h1-7,17H,8-9H2. The van der Waals surface area contributed by atoms with Gasteiger partial charge < -0.3 is 9.84 Å². The molecule has 0 aliphatic carbocycles. The molecule has 0 radical (unpaired) electrons. The highest BCUT2D eigenvalue weighted by atomic mass is 35.5. The molecule has 0 spiro atoms. The van der Waals surface area contributed by atoms with Gasteiger partial charge in [0.1, 0.15) is 6.61 Å². The van der Waals surface area contributed by atoms with E-state index in [0.29, 0.717) is 5.56 Å². The molecule has 2 rings (SSSR count). The molecule has 0 atom stereocenters. The molecule has 94 valence electrons. The van der Waals surface area contributed by atoms with Crippen molar-refractivity contribution in [3.05, 3.63) is 64.4 Å². The van der Waals surface area contributed by atoms with E-state index < -0.39 is 5.82 Å². The molecule has 0 saturated heterocycles. The van der Waals surface area contributed by atoms with E-state index in [4.69, 9.17) is 21.4 Å². The van der Waals surface area contributed by atoms with E-state index in [-0.39, 0.29) is 24.0 Å². The number of hydrogen-bond acceptors (Lipinski definition) is 2. The van der Waals surface area contributed by atoms with Crippen molar-refractivity contribution in [2.75, 3.05) is 0 Å². The number of aliphatic hydroxyl groups is 1. The predicted molar refractivity (Wildman–Crippen MR) is 68.1 cm³/mol. The molecular weight excluding hydrogens is 255 g/mol. The lowest BCUT2D eigenvalue weighted by molar-refractivity contribution is 0.251. The van der Waals surface area contributed by atoms with Crippen LogP contribution in [0.1, 0.15) is 11.1 Å². The molecule has 2 aromatic rings. The number of halogens is 2. The summed E-state index contributed by atoms with van der Waals surface area (Å²) in [7, 11) is 0. The molecule has 2 nitrogen and oxygen atoms in total.